The summed E-state index contributed by atoms with van der Waals surface area (Å²) in [5.41, 5.74) is 0.547. The molecule has 0 bridgehead atoms. The van der Waals surface area contributed by atoms with Crippen LogP contribution in [0.25, 0.3) is 0 Å². The molecule has 0 atom stereocenters. The number of sulfonamides is 1. The largest absolute Gasteiger partial charge is 0.450 e. The third-order valence-electron chi connectivity index (χ3n) is 5.13. The van der Waals surface area contributed by atoms with Gasteiger partial charge in [0.1, 0.15) is 0 Å². The second-order valence-corrected chi connectivity index (χ2v) is 9.08. The number of benzene rings is 1. The van der Waals surface area contributed by atoms with Crippen molar-refractivity contribution in [3.8, 4) is 0 Å². The van der Waals surface area contributed by atoms with E-state index in [0.29, 0.717) is 43.8 Å². The molecule has 1 aromatic rings. The van der Waals surface area contributed by atoms with Crippen LogP contribution < -0.4 is 10.0 Å². The summed E-state index contributed by atoms with van der Waals surface area (Å²) in [6, 6.07) is 4.43. The number of carbonyl (C=O) groups excluding carboxylic acids is 2. The van der Waals surface area contributed by atoms with Crippen molar-refractivity contribution in [2.45, 2.75) is 50.0 Å². The summed E-state index contributed by atoms with van der Waals surface area (Å²) >= 11 is 0. The van der Waals surface area contributed by atoms with Crippen molar-refractivity contribution in [2.75, 3.05) is 25.0 Å². The van der Waals surface area contributed by atoms with E-state index in [1.807, 2.05) is 0 Å². The minimum atomic E-state index is -3.72. The number of anilines is 1. The Bertz CT molecular complexity index is 858. The Kier molecular flexibility index (Phi) is 5.18. The highest BCUT2D eigenvalue weighted by molar-refractivity contribution is 7.89. The normalized spacial score (nSPS) is 19.5. The van der Waals surface area contributed by atoms with E-state index in [-0.39, 0.29) is 22.9 Å². The van der Waals surface area contributed by atoms with Gasteiger partial charge in [-0.1, -0.05) is 0 Å². The Morgan fingerprint density at radius 3 is 2.63 bits per heavy atom. The average molecular weight is 395 g/mol. The number of nitrogens with zero attached hydrogens (tertiary/aromatic N) is 1. The van der Waals surface area contributed by atoms with E-state index in [1.54, 1.807) is 37.8 Å². The molecule has 0 radical (unpaired) electrons. The molecule has 2 N–H and O–H groups in total. The lowest BCUT2D eigenvalue weighted by atomic mass is 9.86. The summed E-state index contributed by atoms with van der Waals surface area (Å²) in [6.45, 7) is 6.49. The predicted molar refractivity (Wildman–Crippen MR) is 100 cm³/mol. The van der Waals surface area contributed by atoms with Gasteiger partial charge in [-0.05, 0) is 57.4 Å². The molecule has 2 aliphatic rings. The quantitative estimate of drug-likeness (QED) is 0.809. The number of rotatable bonds is 4. The Balaban J connectivity index is 1.69. The number of hydrogen-bond donors (Lipinski definition) is 2. The first-order chi connectivity index (χ1) is 12.6. The number of hydrogen-bond acceptors (Lipinski definition) is 5. The SMILES string of the molecule is CCOC(=O)N1CCC(NS(=O)(=O)c2ccc3c(c2)C(C)(C)C(=O)N3)CC1. The summed E-state index contributed by atoms with van der Waals surface area (Å²) in [7, 11) is -3.72. The number of nitrogens with one attached hydrogen (secondary N) is 2. The first kappa shape index (κ1) is 19.6. The molecule has 148 valence electrons. The minimum absolute atomic E-state index is 0.138. The van der Waals surface area contributed by atoms with Gasteiger partial charge in [-0.25, -0.2) is 17.9 Å². The molecule has 0 aliphatic carbocycles. The fraction of sp³-hybridized carbons (Fsp3) is 0.556. The standard InChI is InChI=1S/C18H25N3O5S/c1-4-26-17(23)21-9-7-12(8-10-21)20-27(24,25)13-5-6-15-14(11-13)18(2,3)16(22)19-15/h5-6,11-12,20H,4,7-10H2,1-3H3,(H,19,22). The number of fused-ring (bicyclic) bond motifs is 1. The van der Waals surface area contributed by atoms with Gasteiger partial charge in [0.15, 0.2) is 0 Å². The van der Waals surface area contributed by atoms with E-state index < -0.39 is 15.4 Å². The third kappa shape index (κ3) is 3.79. The topological polar surface area (TPSA) is 105 Å². The molecular weight excluding hydrogens is 370 g/mol. The molecule has 9 heteroatoms. The molecule has 0 aromatic heterocycles. The number of ether oxygens (including phenoxy) is 1. The Morgan fingerprint density at radius 2 is 2.00 bits per heavy atom. The van der Waals surface area contributed by atoms with E-state index in [0.717, 1.165) is 0 Å². The zero-order valence-electron chi connectivity index (χ0n) is 15.7. The monoisotopic (exact) mass is 395 g/mol. The van der Waals surface area contributed by atoms with Crippen LogP contribution >= 0.6 is 0 Å². The Hall–Kier alpha value is -2.13. The summed E-state index contributed by atoms with van der Waals surface area (Å²) in [5.74, 6) is -0.147. The van der Waals surface area contributed by atoms with E-state index in [9.17, 15) is 18.0 Å². The van der Waals surface area contributed by atoms with Crippen LogP contribution in [-0.2, 0) is 25.0 Å². The molecule has 1 saturated heterocycles. The molecule has 2 amide bonds. The molecule has 1 aromatic carbocycles. The average Bonchev–Trinajstić information content (AvgIpc) is 2.84. The van der Waals surface area contributed by atoms with Crippen LogP contribution in [0.5, 0.6) is 0 Å². The van der Waals surface area contributed by atoms with Crippen LogP contribution in [0.4, 0.5) is 10.5 Å². The summed E-state index contributed by atoms with van der Waals surface area (Å²) < 4.78 is 33.3. The predicted octanol–water partition coefficient (Wildman–Crippen LogP) is 1.82. The molecule has 8 nitrogen and oxygen atoms in total. The smallest absolute Gasteiger partial charge is 0.409 e. The molecule has 2 heterocycles. The molecule has 3 rings (SSSR count). The number of likely N-dealkylation sites (tertiary alicyclic amines) is 1. The zero-order chi connectivity index (χ0) is 19.8. The lowest BCUT2D eigenvalue weighted by Crippen LogP contribution is -2.46. The van der Waals surface area contributed by atoms with Gasteiger partial charge < -0.3 is 15.0 Å². The third-order valence-corrected chi connectivity index (χ3v) is 6.65. The molecule has 1 fully saturated rings. The van der Waals surface area contributed by atoms with Crippen LogP contribution in [0.15, 0.2) is 23.1 Å². The van der Waals surface area contributed by atoms with Gasteiger partial charge in [0.05, 0.1) is 16.9 Å². The number of amides is 2. The number of piperidine rings is 1. The van der Waals surface area contributed by atoms with Crippen molar-refractivity contribution in [3.05, 3.63) is 23.8 Å². The van der Waals surface area contributed by atoms with Crippen molar-refractivity contribution in [1.29, 1.82) is 0 Å². The maximum atomic E-state index is 12.8. The highest BCUT2D eigenvalue weighted by atomic mass is 32.2. The van der Waals surface area contributed by atoms with Crippen LogP contribution in [0, 0.1) is 0 Å². The Labute approximate surface area is 159 Å². The van der Waals surface area contributed by atoms with Gasteiger partial charge >= 0.3 is 6.09 Å². The van der Waals surface area contributed by atoms with Gasteiger partial charge in [-0.15, -0.1) is 0 Å². The van der Waals surface area contributed by atoms with E-state index >= 15 is 0 Å². The second-order valence-electron chi connectivity index (χ2n) is 7.37. The van der Waals surface area contributed by atoms with Crippen LogP contribution in [0.1, 0.15) is 39.2 Å². The van der Waals surface area contributed by atoms with Crippen molar-refractivity contribution >= 4 is 27.7 Å². The van der Waals surface area contributed by atoms with Gasteiger partial charge in [-0.3, -0.25) is 4.79 Å². The van der Waals surface area contributed by atoms with Crippen LogP contribution in [-0.4, -0.2) is 51.1 Å². The van der Waals surface area contributed by atoms with Crippen molar-refractivity contribution in [1.82, 2.24) is 9.62 Å². The summed E-state index contributed by atoms with van der Waals surface area (Å²) in [5, 5.41) is 2.77. The zero-order valence-corrected chi connectivity index (χ0v) is 16.6. The minimum Gasteiger partial charge on any atom is -0.450 e. The van der Waals surface area contributed by atoms with Crippen molar-refractivity contribution in [2.24, 2.45) is 0 Å². The highest BCUT2D eigenvalue weighted by Crippen LogP contribution is 2.38. The van der Waals surface area contributed by atoms with Crippen molar-refractivity contribution < 1.29 is 22.7 Å². The van der Waals surface area contributed by atoms with Crippen molar-refractivity contribution in [3.63, 3.8) is 0 Å². The molecule has 2 aliphatic heterocycles. The maximum absolute atomic E-state index is 12.8. The van der Waals surface area contributed by atoms with E-state index in [1.165, 1.54) is 6.07 Å². The summed E-state index contributed by atoms with van der Waals surface area (Å²) in [6.07, 6.45) is 0.681. The maximum Gasteiger partial charge on any atom is 0.409 e. The molecule has 0 saturated carbocycles. The lowest BCUT2D eigenvalue weighted by Gasteiger charge is -2.31. The molecule has 0 spiro atoms. The van der Waals surface area contributed by atoms with Gasteiger partial charge in [0.25, 0.3) is 0 Å². The molecule has 27 heavy (non-hydrogen) atoms. The molecular formula is C18H25N3O5S. The van der Waals surface area contributed by atoms with Gasteiger partial charge in [-0.2, -0.15) is 0 Å². The van der Waals surface area contributed by atoms with E-state index in [2.05, 4.69) is 10.0 Å². The van der Waals surface area contributed by atoms with E-state index in [4.69, 9.17) is 4.74 Å². The number of carbonyl (C=O) groups is 2. The lowest BCUT2D eigenvalue weighted by molar-refractivity contribution is -0.119. The second kappa shape index (κ2) is 7.12. The first-order valence-corrected chi connectivity index (χ1v) is 10.5. The highest BCUT2D eigenvalue weighted by Gasteiger charge is 2.39. The first-order valence-electron chi connectivity index (χ1n) is 9.05. The van der Waals surface area contributed by atoms with Crippen LogP contribution in [0.2, 0.25) is 0 Å². The molecule has 0 unspecified atom stereocenters. The van der Waals surface area contributed by atoms with Crippen LogP contribution in [0.3, 0.4) is 0 Å². The fourth-order valence-corrected chi connectivity index (χ4v) is 4.73. The van der Waals surface area contributed by atoms with Gasteiger partial charge in [0, 0.05) is 24.8 Å². The fourth-order valence-electron chi connectivity index (χ4n) is 3.40. The van der Waals surface area contributed by atoms with Gasteiger partial charge in [0.2, 0.25) is 15.9 Å². The summed E-state index contributed by atoms with van der Waals surface area (Å²) in [4.78, 5) is 25.5. The Morgan fingerprint density at radius 1 is 1.33 bits per heavy atom.